The summed E-state index contributed by atoms with van der Waals surface area (Å²) >= 11 is 0. The number of hydrogen-bond acceptors (Lipinski definition) is 5. The number of carboxylic acid groups (broad SMARTS) is 1. The van der Waals surface area contributed by atoms with E-state index in [0.717, 1.165) is 0 Å². The number of rotatable bonds is 3. The lowest BCUT2D eigenvalue weighted by atomic mass is 9.92. The third-order valence-electron chi connectivity index (χ3n) is 2.35. The van der Waals surface area contributed by atoms with E-state index in [4.69, 9.17) is 10.8 Å². The van der Waals surface area contributed by atoms with Crippen LogP contribution < -0.4 is 5.73 Å². The quantitative estimate of drug-likeness (QED) is 0.482. The van der Waals surface area contributed by atoms with Crippen molar-refractivity contribution in [3.8, 4) is 0 Å². The van der Waals surface area contributed by atoms with Gasteiger partial charge < -0.3 is 16.0 Å². The Labute approximate surface area is 74.9 Å². The predicted octanol–water partition coefficient (Wildman–Crippen LogP) is -1.18. The first kappa shape index (κ1) is 10.1. The van der Waals surface area contributed by atoms with Gasteiger partial charge >= 0.3 is 5.97 Å². The molecule has 0 spiro atoms. The topological polar surface area (TPSA) is 104 Å². The molecule has 0 radical (unpaired) electrons. The van der Waals surface area contributed by atoms with E-state index in [9.17, 15) is 14.8 Å². The molecule has 0 aliphatic carbocycles. The van der Waals surface area contributed by atoms with Crippen molar-refractivity contribution in [2.75, 3.05) is 13.1 Å². The first-order valence-electron chi connectivity index (χ1n) is 3.99. The van der Waals surface area contributed by atoms with Gasteiger partial charge in [-0.2, -0.15) is 5.06 Å². The van der Waals surface area contributed by atoms with E-state index in [1.54, 1.807) is 0 Å². The molecule has 74 valence electrons. The van der Waals surface area contributed by atoms with Crippen LogP contribution in [0.4, 0.5) is 0 Å². The molecule has 0 aromatic heterocycles. The Bertz CT molecular complexity index is 243. The SMILES string of the molecule is NCC(=O)C1(C(=O)O)CCCN1O. The van der Waals surface area contributed by atoms with Crippen molar-refractivity contribution in [3.63, 3.8) is 0 Å². The van der Waals surface area contributed by atoms with Gasteiger partial charge in [-0.3, -0.25) is 4.79 Å². The van der Waals surface area contributed by atoms with Crippen molar-refractivity contribution < 1.29 is 19.9 Å². The molecule has 6 heteroatoms. The number of aliphatic carboxylic acids is 1. The predicted molar refractivity (Wildman–Crippen MR) is 42.2 cm³/mol. The minimum atomic E-state index is -1.80. The van der Waals surface area contributed by atoms with E-state index in [-0.39, 0.29) is 19.5 Å². The Balaban J connectivity index is 3.00. The lowest BCUT2D eigenvalue weighted by molar-refractivity contribution is -0.187. The fourth-order valence-electron chi connectivity index (χ4n) is 1.59. The van der Waals surface area contributed by atoms with Gasteiger partial charge in [-0.25, -0.2) is 4.79 Å². The van der Waals surface area contributed by atoms with Crippen LogP contribution in [0.15, 0.2) is 0 Å². The van der Waals surface area contributed by atoms with Crippen molar-refractivity contribution >= 4 is 11.8 Å². The summed E-state index contributed by atoms with van der Waals surface area (Å²) < 4.78 is 0. The maximum atomic E-state index is 11.3. The molecule has 13 heavy (non-hydrogen) atoms. The molecule has 1 aliphatic rings. The Morgan fingerprint density at radius 1 is 1.54 bits per heavy atom. The van der Waals surface area contributed by atoms with Crippen LogP contribution in [-0.4, -0.2) is 45.8 Å². The molecule has 1 fully saturated rings. The molecule has 1 atom stereocenters. The number of hydrogen-bond donors (Lipinski definition) is 3. The molecule has 1 aliphatic heterocycles. The smallest absolute Gasteiger partial charge is 0.334 e. The fraction of sp³-hybridized carbons (Fsp3) is 0.714. The highest BCUT2D eigenvalue weighted by molar-refractivity contribution is 6.08. The standard InChI is InChI=1S/C7H12N2O4/c8-4-5(10)7(6(11)12)2-1-3-9(7)13/h13H,1-4,8H2,(H,11,12). The highest BCUT2D eigenvalue weighted by atomic mass is 16.5. The van der Waals surface area contributed by atoms with Crippen molar-refractivity contribution in [1.82, 2.24) is 5.06 Å². The van der Waals surface area contributed by atoms with Crippen LogP contribution in [0, 0.1) is 0 Å². The second kappa shape index (κ2) is 3.41. The highest BCUT2D eigenvalue weighted by Crippen LogP contribution is 2.28. The summed E-state index contributed by atoms with van der Waals surface area (Å²) in [6.45, 7) is -0.179. The molecule has 1 rings (SSSR count). The molecule has 0 bridgehead atoms. The van der Waals surface area contributed by atoms with Gasteiger partial charge in [0.1, 0.15) is 0 Å². The molecule has 0 aromatic rings. The molecule has 4 N–H and O–H groups in total. The van der Waals surface area contributed by atoms with E-state index in [1.807, 2.05) is 0 Å². The minimum Gasteiger partial charge on any atom is -0.479 e. The van der Waals surface area contributed by atoms with E-state index < -0.39 is 17.3 Å². The van der Waals surface area contributed by atoms with Gasteiger partial charge in [-0.1, -0.05) is 0 Å². The van der Waals surface area contributed by atoms with Crippen molar-refractivity contribution in [3.05, 3.63) is 0 Å². The molecule has 1 heterocycles. The summed E-state index contributed by atoms with van der Waals surface area (Å²) in [6, 6.07) is 0. The maximum Gasteiger partial charge on any atom is 0.334 e. The van der Waals surface area contributed by atoms with Crippen LogP contribution >= 0.6 is 0 Å². The Morgan fingerprint density at radius 3 is 2.46 bits per heavy atom. The van der Waals surface area contributed by atoms with E-state index in [0.29, 0.717) is 11.5 Å². The van der Waals surface area contributed by atoms with Crippen LogP contribution in [0.5, 0.6) is 0 Å². The molecular weight excluding hydrogens is 176 g/mol. The summed E-state index contributed by atoms with van der Waals surface area (Å²) in [5.41, 5.74) is 3.29. The van der Waals surface area contributed by atoms with Crippen LogP contribution in [-0.2, 0) is 9.59 Å². The van der Waals surface area contributed by atoms with Crippen LogP contribution in [0.3, 0.4) is 0 Å². The molecule has 1 unspecified atom stereocenters. The van der Waals surface area contributed by atoms with E-state index in [2.05, 4.69) is 0 Å². The zero-order chi connectivity index (χ0) is 10.1. The van der Waals surface area contributed by atoms with E-state index in [1.165, 1.54) is 0 Å². The van der Waals surface area contributed by atoms with Crippen molar-refractivity contribution in [1.29, 1.82) is 0 Å². The summed E-state index contributed by atoms with van der Waals surface area (Å²) in [7, 11) is 0. The van der Waals surface area contributed by atoms with Crippen molar-refractivity contribution in [2.45, 2.75) is 18.4 Å². The second-order valence-electron chi connectivity index (χ2n) is 3.02. The third-order valence-corrected chi connectivity index (χ3v) is 2.35. The van der Waals surface area contributed by atoms with Gasteiger partial charge in [0.15, 0.2) is 5.78 Å². The average Bonchev–Trinajstić information content (AvgIpc) is 2.47. The van der Waals surface area contributed by atoms with Crippen LogP contribution in [0.2, 0.25) is 0 Å². The van der Waals surface area contributed by atoms with Gasteiger partial charge in [-0.15, -0.1) is 0 Å². The molecule has 0 aromatic carbocycles. The van der Waals surface area contributed by atoms with Gasteiger partial charge in [0, 0.05) is 6.54 Å². The number of carboxylic acids is 1. The molecule has 6 nitrogen and oxygen atoms in total. The lowest BCUT2D eigenvalue weighted by Crippen LogP contribution is -2.57. The number of carbonyl (C=O) groups excluding carboxylic acids is 1. The second-order valence-corrected chi connectivity index (χ2v) is 3.02. The average molecular weight is 188 g/mol. The number of carbonyl (C=O) groups is 2. The normalized spacial score (nSPS) is 29.1. The Kier molecular flexibility index (Phi) is 2.65. The number of ketones is 1. The fourth-order valence-corrected chi connectivity index (χ4v) is 1.59. The summed E-state index contributed by atoms with van der Waals surface area (Å²) in [5.74, 6) is -1.98. The zero-order valence-electron chi connectivity index (χ0n) is 7.06. The summed E-state index contributed by atoms with van der Waals surface area (Å²) in [4.78, 5) is 22.1. The Hall–Kier alpha value is -0.980. The minimum absolute atomic E-state index is 0.120. The van der Waals surface area contributed by atoms with E-state index >= 15 is 0 Å². The van der Waals surface area contributed by atoms with Gasteiger partial charge in [0.2, 0.25) is 5.54 Å². The van der Waals surface area contributed by atoms with Gasteiger partial charge in [0.25, 0.3) is 0 Å². The van der Waals surface area contributed by atoms with Crippen LogP contribution in [0.25, 0.3) is 0 Å². The third kappa shape index (κ3) is 1.32. The summed E-state index contributed by atoms with van der Waals surface area (Å²) in [5, 5.41) is 18.7. The lowest BCUT2D eigenvalue weighted by Gasteiger charge is -2.27. The largest absolute Gasteiger partial charge is 0.479 e. The molecule has 1 saturated heterocycles. The maximum absolute atomic E-state index is 11.3. The van der Waals surface area contributed by atoms with Crippen molar-refractivity contribution in [2.24, 2.45) is 5.73 Å². The monoisotopic (exact) mass is 188 g/mol. The number of Topliss-reactive ketones (excluding diaryl/α,β-unsaturated/α-hetero) is 1. The first-order chi connectivity index (χ1) is 6.05. The summed E-state index contributed by atoms with van der Waals surface area (Å²) in [6.07, 6.45) is 0.601. The number of hydroxylamine groups is 2. The molecule has 0 amide bonds. The first-order valence-corrected chi connectivity index (χ1v) is 3.99. The number of nitrogens with zero attached hydrogens (tertiary/aromatic N) is 1. The van der Waals surface area contributed by atoms with Gasteiger partial charge in [0.05, 0.1) is 6.54 Å². The Morgan fingerprint density at radius 2 is 2.15 bits per heavy atom. The molecular formula is C7H12N2O4. The van der Waals surface area contributed by atoms with Crippen LogP contribution in [0.1, 0.15) is 12.8 Å². The van der Waals surface area contributed by atoms with Gasteiger partial charge in [-0.05, 0) is 12.8 Å². The molecule has 0 saturated carbocycles. The zero-order valence-corrected chi connectivity index (χ0v) is 7.06. The number of nitrogens with two attached hydrogens (primary N) is 1. The highest BCUT2D eigenvalue weighted by Gasteiger charge is 2.53.